The molecule has 9 heteroatoms. The zero-order chi connectivity index (χ0) is 19.4. The van der Waals surface area contributed by atoms with Crippen molar-refractivity contribution in [2.75, 3.05) is 31.8 Å². The first-order valence-corrected chi connectivity index (χ1v) is 9.53. The summed E-state index contributed by atoms with van der Waals surface area (Å²) in [6.45, 7) is 1.72. The van der Waals surface area contributed by atoms with Gasteiger partial charge in [0.05, 0.1) is 17.6 Å². The van der Waals surface area contributed by atoms with E-state index in [2.05, 4.69) is 26.6 Å². The summed E-state index contributed by atoms with van der Waals surface area (Å²) in [6, 6.07) is 7.49. The number of thiophene rings is 1. The fourth-order valence-electron chi connectivity index (χ4n) is 2.16. The van der Waals surface area contributed by atoms with Crippen LogP contribution >= 0.6 is 39.5 Å². The van der Waals surface area contributed by atoms with Crippen LogP contribution in [-0.4, -0.2) is 43.1 Å². The van der Waals surface area contributed by atoms with Gasteiger partial charge in [-0.15, -0.1) is 11.3 Å². The fraction of sp³-hybridized carbons (Fsp3) is 0.235. The molecule has 0 unspecified atom stereocenters. The Labute approximate surface area is 169 Å². The van der Waals surface area contributed by atoms with Gasteiger partial charge in [0.2, 0.25) is 0 Å². The average molecular weight is 456 g/mol. The highest BCUT2D eigenvalue weighted by atomic mass is 79.9. The lowest BCUT2D eigenvalue weighted by Gasteiger charge is -2.10. The standard InChI is InChI=1S/C17H18BrN3O3S2/c1-9-12(16(23)24-4)14(26-13(9)15(22)21(2)3)20-17(25)19-11-7-5-10(18)6-8-11/h5-8H,1-4H3,(H2,19,20,25). The number of carbonyl (C=O) groups excluding carboxylic acids is 2. The normalized spacial score (nSPS) is 10.2. The van der Waals surface area contributed by atoms with Crippen molar-refractivity contribution in [1.82, 2.24) is 4.90 Å². The van der Waals surface area contributed by atoms with Crippen LogP contribution in [0.25, 0.3) is 0 Å². The molecule has 0 saturated heterocycles. The molecule has 0 saturated carbocycles. The molecule has 0 spiro atoms. The Kier molecular flexibility index (Phi) is 6.74. The summed E-state index contributed by atoms with van der Waals surface area (Å²) in [5.41, 5.74) is 1.67. The van der Waals surface area contributed by atoms with Gasteiger partial charge < -0.3 is 20.3 Å². The Morgan fingerprint density at radius 3 is 2.35 bits per heavy atom. The molecule has 0 radical (unpaired) electrons. The molecule has 0 aliphatic carbocycles. The van der Waals surface area contributed by atoms with Crippen LogP contribution in [0.2, 0.25) is 0 Å². The van der Waals surface area contributed by atoms with Gasteiger partial charge >= 0.3 is 5.97 Å². The molecule has 2 N–H and O–H groups in total. The molecule has 1 heterocycles. The Bertz CT molecular complexity index is 848. The summed E-state index contributed by atoms with van der Waals surface area (Å²) in [4.78, 5) is 26.5. The van der Waals surface area contributed by atoms with E-state index in [-0.39, 0.29) is 5.91 Å². The summed E-state index contributed by atoms with van der Waals surface area (Å²) in [7, 11) is 4.62. The minimum Gasteiger partial charge on any atom is -0.465 e. The molecule has 0 fully saturated rings. The molecule has 2 aromatic rings. The maximum atomic E-state index is 12.4. The number of methoxy groups -OCH3 is 1. The number of amides is 1. The molecule has 1 aromatic carbocycles. The Morgan fingerprint density at radius 1 is 1.19 bits per heavy atom. The molecule has 138 valence electrons. The third-order valence-electron chi connectivity index (χ3n) is 3.47. The lowest BCUT2D eigenvalue weighted by atomic mass is 10.1. The number of thiocarbonyl (C=S) groups is 1. The maximum absolute atomic E-state index is 12.4. The predicted octanol–water partition coefficient (Wildman–Crippen LogP) is 4.12. The van der Waals surface area contributed by atoms with E-state index in [0.717, 1.165) is 10.2 Å². The molecule has 2 rings (SSSR count). The van der Waals surface area contributed by atoms with E-state index < -0.39 is 5.97 Å². The molecule has 1 aromatic heterocycles. The first kappa shape index (κ1) is 20.3. The van der Waals surface area contributed by atoms with Gasteiger partial charge in [0.1, 0.15) is 5.00 Å². The van der Waals surface area contributed by atoms with Crippen molar-refractivity contribution in [3.05, 3.63) is 44.7 Å². The largest absolute Gasteiger partial charge is 0.465 e. The Morgan fingerprint density at radius 2 is 1.81 bits per heavy atom. The van der Waals surface area contributed by atoms with Crippen LogP contribution in [0.1, 0.15) is 25.6 Å². The van der Waals surface area contributed by atoms with E-state index in [1.54, 1.807) is 21.0 Å². The van der Waals surface area contributed by atoms with Gasteiger partial charge in [-0.1, -0.05) is 15.9 Å². The molecule has 6 nitrogen and oxygen atoms in total. The number of hydrogen-bond donors (Lipinski definition) is 2. The zero-order valence-corrected chi connectivity index (χ0v) is 17.9. The number of hydrogen-bond acceptors (Lipinski definition) is 5. The number of esters is 1. The van der Waals surface area contributed by atoms with E-state index in [1.807, 2.05) is 24.3 Å². The van der Waals surface area contributed by atoms with Crippen molar-refractivity contribution < 1.29 is 14.3 Å². The van der Waals surface area contributed by atoms with Crippen molar-refractivity contribution in [3.8, 4) is 0 Å². The van der Waals surface area contributed by atoms with Crippen LogP contribution in [-0.2, 0) is 4.74 Å². The minimum absolute atomic E-state index is 0.183. The summed E-state index contributed by atoms with van der Waals surface area (Å²) in [6.07, 6.45) is 0. The van der Waals surface area contributed by atoms with E-state index in [4.69, 9.17) is 17.0 Å². The summed E-state index contributed by atoms with van der Waals surface area (Å²) in [5, 5.41) is 6.82. The highest BCUT2D eigenvalue weighted by Gasteiger charge is 2.26. The molecule has 0 atom stereocenters. The van der Waals surface area contributed by atoms with Crippen LogP contribution in [0.3, 0.4) is 0 Å². The second kappa shape index (κ2) is 8.61. The van der Waals surface area contributed by atoms with Crippen molar-refractivity contribution in [1.29, 1.82) is 0 Å². The van der Waals surface area contributed by atoms with Crippen molar-refractivity contribution in [3.63, 3.8) is 0 Å². The van der Waals surface area contributed by atoms with E-state index in [0.29, 0.717) is 26.1 Å². The highest BCUT2D eigenvalue weighted by molar-refractivity contribution is 9.10. The zero-order valence-electron chi connectivity index (χ0n) is 14.7. The molecule has 1 amide bonds. The van der Waals surface area contributed by atoms with Crippen molar-refractivity contribution in [2.45, 2.75) is 6.92 Å². The number of ether oxygens (including phenoxy) is 1. The molecular weight excluding hydrogens is 438 g/mol. The van der Waals surface area contributed by atoms with E-state index in [9.17, 15) is 9.59 Å². The quantitative estimate of drug-likeness (QED) is 0.533. The lowest BCUT2D eigenvalue weighted by molar-refractivity contribution is 0.0601. The molecular formula is C17H18BrN3O3S2. The van der Waals surface area contributed by atoms with Gasteiger partial charge in [-0.25, -0.2) is 4.79 Å². The summed E-state index contributed by atoms with van der Waals surface area (Å²) >= 11 is 9.87. The molecule has 0 bridgehead atoms. The second-order valence-corrected chi connectivity index (χ2v) is 7.88. The van der Waals surface area contributed by atoms with Gasteiger partial charge in [-0.3, -0.25) is 4.79 Å². The number of rotatable bonds is 4. The van der Waals surface area contributed by atoms with Gasteiger partial charge in [-0.2, -0.15) is 0 Å². The van der Waals surface area contributed by atoms with Gasteiger partial charge in [-0.05, 0) is 49.0 Å². The van der Waals surface area contributed by atoms with Crippen LogP contribution in [0, 0.1) is 6.92 Å². The third kappa shape index (κ3) is 4.60. The average Bonchev–Trinajstić information content (AvgIpc) is 2.91. The van der Waals surface area contributed by atoms with Gasteiger partial charge in [0.15, 0.2) is 5.11 Å². The number of halogens is 1. The monoisotopic (exact) mass is 455 g/mol. The molecule has 26 heavy (non-hydrogen) atoms. The van der Waals surface area contributed by atoms with Gasteiger partial charge in [0, 0.05) is 24.3 Å². The van der Waals surface area contributed by atoms with Crippen LogP contribution in [0.15, 0.2) is 28.7 Å². The first-order valence-electron chi connectivity index (χ1n) is 7.51. The number of carbonyl (C=O) groups is 2. The Balaban J connectivity index is 2.30. The number of nitrogens with zero attached hydrogens (tertiary/aromatic N) is 1. The maximum Gasteiger partial charge on any atom is 0.341 e. The SMILES string of the molecule is COC(=O)c1c(NC(=S)Nc2ccc(Br)cc2)sc(C(=O)N(C)C)c1C. The molecule has 0 aliphatic rings. The summed E-state index contributed by atoms with van der Waals surface area (Å²) in [5.74, 6) is -0.706. The highest BCUT2D eigenvalue weighted by Crippen LogP contribution is 2.34. The van der Waals surface area contributed by atoms with Crippen LogP contribution < -0.4 is 10.6 Å². The number of anilines is 2. The number of nitrogens with one attached hydrogen (secondary N) is 2. The summed E-state index contributed by atoms with van der Waals surface area (Å²) < 4.78 is 5.81. The molecule has 0 aliphatic heterocycles. The fourth-order valence-corrected chi connectivity index (χ4v) is 3.92. The third-order valence-corrected chi connectivity index (χ3v) is 5.39. The predicted molar refractivity (Wildman–Crippen MR) is 112 cm³/mol. The van der Waals surface area contributed by atoms with Gasteiger partial charge in [0.25, 0.3) is 5.91 Å². The topological polar surface area (TPSA) is 70.7 Å². The van der Waals surface area contributed by atoms with E-state index >= 15 is 0 Å². The smallest absolute Gasteiger partial charge is 0.341 e. The lowest BCUT2D eigenvalue weighted by Crippen LogP contribution is -2.21. The van der Waals surface area contributed by atoms with Crippen molar-refractivity contribution in [2.24, 2.45) is 0 Å². The van der Waals surface area contributed by atoms with E-state index in [1.165, 1.54) is 23.3 Å². The minimum atomic E-state index is -0.523. The number of benzene rings is 1. The first-order chi connectivity index (χ1) is 12.2. The van der Waals surface area contributed by atoms with Crippen LogP contribution in [0.5, 0.6) is 0 Å². The van der Waals surface area contributed by atoms with Crippen molar-refractivity contribution >= 4 is 67.2 Å². The second-order valence-electron chi connectivity index (χ2n) is 5.54. The van der Waals surface area contributed by atoms with Crippen LogP contribution in [0.4, 0.5) is 10.7 Å². The Hall–Kier alpha value is -1.97.